The van der Waals surface area contributed by atoms with E-state index in [4.69, 9.17) is 10.2 Å². The molecular formula is C4H8O4Si. The van der Waals surface area contributed by atoms with Crippen LogP contribution in [0.3, 0.4) is 0 Å². The first-order valence-corrected chi connectivity index (χ1v) is 4.56. The summed E-state index contributed by atoms with van der Waals surface area (Å²) in [4.78, 5) is 19.6. The Hall–Kier alpha value is -0.843. The van der Waals surface area contributed by atoms with Gasteiger partial charge in [-0.2, -0.15) is 0 Å². The van der Waals surface area contributed by atoms with Gasteiger partial charge in [-0.1, -0.05) is 0 Å². The molecule has 52 valence electrons. The van der Waals surface area contributed by atoms with Gasteiger partial charge in [-0.15, -0.1) is 0 Å². The summed E-state index contributed by atoms with van der Waals surface area (Å²) in [6.45, 7) is 0. The highest BCUT2D eigenvalue weighted by atomic mass is 28.2. The van der Waals surface area contributed by atoms with Crippen LogP contribution in [0, 0.1) is 0 Å². The molecule has 0 fully saturated rings. The molecule has 0 amide bonds. The average molecular weight is 148 g/mol. The van der Waals surface area contributed by atoms with Crippen LogP contribution in [0.5, 0.6) is 0 Å². The van der Waals surface area contributed by atoms with Crippen LogP contribution in [-0.2, 0) is 9.59 Å². The van der Waals surface area contributed by atoms with Crippen molar-refractivity contribution in [2.45, 2.75) is 12.1 Å². The van der Waals surface area contributed by atoms with Gasteiger partial charge in [0.15, 0.2) is 0 Å². The van der Waals surface area contributed by atoms with Gasteiger partial charge < -0.3 is 10.2 Å². The highest BCUT2D eigenvalue weighted by Gasteiger charge is 2.00. The molecule has 0 saturated heterocycles. The van der Waals surface area contributed by atoms with Crippen LogP contribution in [0.4, 0.5) is 0 Å². The second-order valence-electron chi connectivity index (χ2n) is 1.64. The van der Waals surface area contributed by atoms with E-state index < -0.39 is 21.5 Å². The monoisotopic (exact) mass is 148 g/mol. The molecule has 0 saturated carbocycles. The summed E-state index contributed by atoms with van der Waals surface area (Å²) < 4.78 is 0. The van der Waals surface area contributed by atoms with Crippen molar-refractivity contribution >= 4 is 21.5 Å². The summed E-state index contributed by atoms with van der Waals surface area (Å²) in [6, 6.07) is 0.151. The molecule has 2 N–H and O–H groups in total. The molecule has 4 nitrogen and oxygen atoms in total. The molecule has 0 aromatic carbocycles. The van der Waals surface area contributed by atoms with Gasteiger partial charge in [0, 0.05) is 21.6 Å². The topological polar surface area (TPSA) is 74.6 Å². The minimum absolute atomic E-state index is 0.0757. The first-order valence-electron chi connectivity index (χ1n) is 2.56. The van der Waals surface area contributed by atoms with E-state index >= 15 is 0 Å². The Bertz CT molecular complexity index is 108. The summed E-state index contributed by atoms with van der Waals surface area (Å²) in [5, 5.41) is 16.1. The van der Waals surface area contributed by atoms with E-state index in [1.165, 1.54) is 0 Å². The van der Waals surface area contributed by atoms with Crippen molar-refractivity contribution in [3.8, 4) is 0 Å². The third kappa shape index (κ3) is 7.16. The van der Waals surface area contributed by atoms with Crippen LogP contribution in [0.2, 0.25) is 12.1 Å². The van der Waals surface area contributed by atoms with Crippen molar-refractivity contribution in [1.29, 1.82) is 0 Å². The number of hydrogen-bond acceptors (Lipinski definition) is 2. The van der Waals surface area contributed by atoms with Crippen LogP contribution in [0.1, 0.15) is 0 Å². The number of rotatable bonds is 4. The van der Waals surface area contributed by atoms with Crippen molar-refractivity contribution < 1.29 is 19.8 Å². The predicted octanol–water partition coefficient (Wildman–Crippen LogP) is -0.839. The molecule has 0 aliphatic heterocycles. The molecule has 0 unspecified atom stereocenters. The molecule has 0 bridgehead atoms. The fourth-order valence-corrected chi connectivity index (χ4v) is 1.17. The molecule has 9 heavy (non-hydrogen) atoms. The molecule has 0 atom stereocenters. The molecule has 0 aromatic rings. The largest absolute Gasteiger partial charge is 0.481 e. The number of carboxylic acids is 2. The summed E-state index contributed by atoms with van der Waals surface area (Å²) in [7, 11) is -0.883. The number of carboxylic acid groups (broad SMARTS) is 2. The Morgan fingerprint density at radius 1 is 1.11 bits per heavy atom. The van der Waals surface area contributed by atoms with Crippen LogP contribution >= 0.6 is 0 Å². The predicted molar refractivity (Wildman–Crippen MR) is 33.4 cm³/mol. The fourth-order valence-electron chi connectivity index (χ4n) is 0.391. The zero-order valence-corrected chi connectivity index (χ0v) is 6.25. The quantitative estimate of drug-likeness (QED) is 0.510. The van der Waals surface area contributed by atoms with Gasteiger partial charge in [-0.05, 0) is 0 Å². The van der Waals surface area contributed by atoms with Crippen molar-refractivity contribution in [3.63, 3.8) is 0 Å². The van der Waals surface area contributed by atoms with Gasteiger partial charge in [0.1, 0.15) is 0 Å². The summed E-state index contributed by atoms with van der Waals surface area (Å²) in [5.74, 6) is -1.77. The molecule has 5 heteroatoms. The molecule has 0 radical (unpaired) electrons. The lowest BCUT2D eigenvalue weighted by Gasteiger charge is -1.87. The average Bonchev–Trinajstić information content (AvgIpc) is 1.63. The van der Waals surface area contributed by atoms with Crippen molar-refractivity contribution in [2.75, 3.05) is 0 Å². The van der Waals surface area contributed by atoms with Crippen LogP contribution in [0.25, 0.3) is 0 Å². The molecule has 0 spiro atoms. The van der Waals surface area contributed by atoms with E-state index in [1.54, 1.807) is 0 Å². The number of aliphatic carboxylic acids is 2. The van der Waals surface area contributed by atoms with E-state index in [0.717, 1.165) is 0 Å². The molecule has 0 heterocycles. The van der Waals surface area contributed by atoms with Crippen molar-refractivity contribution in [1.82, 2.24) is 0 Å². The van der Waals surface area contributed by atoms with Gasteiger partial charge in [-0.3, -0.25) is 9.59 Å². The third-order valence-electron chi connectivity index (χ3n) is 0.781. The van der Waals surface area contributed by atoms with Gasteiger partial charge in [0.05, 0.1) is 0 Å². The zero-order chi connectivity index (χ0) is 7.28. The number of carbonyl (C=O) groups is 2. The summed E-state index contributed by atoms with van der Waals surface area (Å²) in [6.07, 6.45) is 0. The van der Waals surface area contributed by atoms with Crippen molar-refractivity contribution in [3.05, 3.63) is 0 Å². The van der Waals surface area contributed by atoms with E-state index in [0.29, 0.717) is 0 Å². The Kier molecular flexibility index (Phi) is 3.70. The Morgan fingerprint density at radius 3 is 1.67 bits per heavy atom. The van der Waals surface area contributed by atoms with Crippen LogP contribution < -0.4 is 0 Å². The Balaban J connectivity index is 3.10. The van der Waals surface area contributed by atoms with Crippen LogP contribution in [0.15, 0.2) is 0 Å². The maximum atomic E-state index is 9.82. The van der Waals surface area contributed by atoms with E-state index in [1.807, 2.05) is 0 Å². The summed E-state index contributed by atoms with van der Waals surface area (Å²) in [5.41, 5.74) is 0. The third-order valence-corrected chi connectivity index (χ3v) is 2.34. The van der Waals surface area contributed by atoms with Gasteiger partial charge in [-0.25, -0.2) is 0 Å². The molecular weight excluding hydrogens is 140 g/mol. The summed E-state index contributed by atoms with van der Waals surface area (Å²) >= 11 is 0. The van der Waals surface area contributed by atoms with Crippen molar-refractivity contribution in [2.24, 2.45) is 0 Å². The van der Waals surface area contributed by atoms with E-state index in [-0.39, 0.29) is 12.1 Å². The van der Waals surface area contributed by atoms with Gasteiger partial charge in [0.25, 0.3) is 11.9 Å². The molecule has 0 rings (SSSR count). The minimum atomic E-state index is -0.886. The second kappa shape index (κ2) is 4.08. The van der Waals surface area contributed by atoms with Gasteiger partial charge in [0.2, 0.25) is 0 Å². The first kappa shape index (κ1) is 8.16. The Morgan fingerprint density at radius 2 is 1.44 bits per heavy atom. The molecule has 0 aromatic heterocycles. The lowest BCUT2D eigenvalue weighted by atomic mass is 10.8. The lowest BCUT2D eigenvalue weighted by molar-refractivity contribution is -0.134. The molecule has 0 aliphatic rings. The minimum Gasteiger partial charge on any atom is -0.481 e. The fraction of sp³-hybridized carbons (Fsp3) is 0.500. The first-order chi connectivity index (χ1) is 4.13. The van der Waals surface area contributed by atoms with E-state index in [9.17, 15) is 9.59 Å². The SMILES string of the molecule is O=C(O)C[SiH2]CC(=O)O. The van der Waals surface area contributed by atoms with Gasteiger partial charge >= 0.3 is 0 Å². The van der Waals surface area contributed by atoms with E-state index in [2.05, 4.69) is 0 Å². The highest BCUT2D eigenvalue weighted by Crippen LogP contribution is 1.84. The Labute approximate surface area is 54.3 Å². The normalized spacial score (nSPS) is 8.89. The maximum absolute atomic E-state index is 9.82. The zero-order valence-electron chi connectivity index (χ0n) is 4.83. The lowest BCUT2D eigenvalue weighted by Crippen LogP contribution is -2.05. The van der Waals surface area contributed by atoms with Crippen LogP contribution in [-0.4, -0.2) is 31.7 Å². The standard InChI is InChI=1S/C4H8O4Si/c5-3(6)1-9-2-4(7)8/h1-2,9H2,(H,5,6)(H,7,8). The number of hydrogen-bond donors (Lipinski definition) is 2. The highest BCUT2D eigenvalue weighted by molar-refractivity contribution is 6.44. The smallest absolute Gasteiger partial charge is 0.300 e. The second-order valence-corrected chi connectivity index (χ2v) is 3.35. The molecule has 0 aliphatic carbocycles. The maximum Gasteiger partial charge on any atom is 0.300 e.